The second-order valence-electron chi connectivity index (χ2n) is 4.73. The van der Waals surface area contributed by atoms with E-state index in [1.54, 1.807) is 0 Å². The first kappa shape index (κ1) is 11.3. The van der Waals surface area contributed by atoms with E-state index >= 15 is 0 Å². The molecule has 2 atom stereocenters. The average Bonchev–Trinajstić information content (AvgIpc) is 2.93. The van der Waals surface area contributed by atoms with Crippen molar-refractivity contribution in [3.8, 4) is 0 Å². The van der Waals surface area contributed by atoms with Gasteiger partial charge in [-0.15, -0.1) is 0 Å². The molecular weight excluding hydrogens is 230 g/mol. The molecule has 1 aliphatic rings. The molecule has 0 saturated carbocycles. The van der Waals surface area contributed by atoms with E-state index in [2.05, 4.69) is 20.6 Å². The first-order valence-electron chi connectivity index (χ1n) is 6.25. The summed E-state index contributed by atoms with van der Waals surface area (Å²) in [7, 11) is 0. The summed E-state index contributed by atoms with van der Waals surface area (Å²) in [5.41, 5.74) is 2.15. The first-order chi connectivity index (χ1) is 8.69. The lowest BCUT2D eigenvalue weighted by Gasteiger charge is -2.29. The highest BCUT2D eigenvalue weighted by molar-refractivity contribution is 5.82. The van der Waals surface area contributed by atoms with E-state index in [-0.39, 0.29) is 18.0 Å². The van der Waals surface area contributed by atoms with E-state index in [0.29, 0.717) is 6.54 Å². The lowest BCUT2D eigenvalue weighted by molar-refractivity contribution is -0.125. The second kappa shape index (κ2) is 4.13. The molecule has 0 aliphatic carbocycles. The Balaban J connectivity index is 1.88. The van der Waals surface area contributed by atoms with Crippen molar-refractivity contribution in [1.29, 1.82) is 0 Å². The molecule has 2 aromatic rings. The smallest absolute Gasteiger partial charge is 0.237 e. The minimum Gasteiger partial charge on any atom is -0.353 e. The molecule has 0 bridgehead atoms. The number of aryl methyl sites for hydroxylation is 1. The largest absolute Gasteiger partial charge is 0.353 e. The van der Waals surface area contributed by atoms with Crippen LogP contribution in [0.5, 0.6) is 0 Å². The third kappa shape index (κ3) is 1.69. The number of nitrogens with zero attached hydrogens (tertiary/aromatic N) is 2. The summed E-state index contributed by atoms with van der Waals surface area (Å²) in [6.45, 7) is 4.63. The normalized spacial score (nSPS) is 24.4. The number of rotatable bonds is 2. The van der Waals surface area contributed by atoms with Crippen LogP contribution in [-0.2, 0) is 4.79 Å². The molecule has 96 valence electrons. The fourth-order valence-corrected chi connectivity index (χ4v) is 2.39. The highest BCUT2D eigenvalue weighted by atomic mass is 16.2. The highest BCUT2D eigenvalue weighted by Gasteiger charge is 2.28. The maximum atomic E-state index is 11.6. The predicted molar refractivity (Wildman–Crippen MR) is 67.2 cm³/mol. The molecule has 1 aliphatic heterocycles. The van der Waals surface area contributed by atoms with Crippen molar-refractivity contribution in [3.05, 3.63) is 23.8 Å². The number of hydrogen-bond donors (Lipinski definition) is 3. The summed E-state index contributed by atoms with van der Waals surface area (Å²) >= 11 is 0. The minimum atomic E-state index is -0.111. The number of fused-ring (bicyclic) bond motifs is 1. The molecule has 6 nitrogen and oxygen atoms in total. The van der Waals surface area contributed by atoms with E-state index in [4.69, 9.17) is 0 Å². The van der Waals surface area contributed by atoms with Crippen molar-refractivity contribution >= 4 is 11.7 Å². The zero-order valence-electron chi connectivity index (χ0n) is 10.5. The van der Waals surface area contributed by atoms with E-state index in [1.165, 1.54) is 0 Å². The van der Waals surface area contributed by atoms with Gasteiger partial charge in [-0.2, -0.15) is 0 Å². The number of aromatic amines is 1. The number of imidazole rings is 2. The number of aromatic nitrogens is 3. The summed E-state index contributed by atoms with van der Waals surface area (Å²) in [5.74, 6) is 0.926. The molecule has 1 fully saturated rings. The molecular formula is C12H17N5O. The van der Waals surface area contributed by atoms with Gasteiger partial charge in [-0.05, 0) is 13.3 Å². The molecule has 6 heteroatoms. The number of carbonyl (C=O) groups is 1. The fourth-order valence-electron chi connectivity index (χ4n) is 2.39. The van der Waals surface area contributed by atoms with Crippen molar-refractivity contribution in [2.75, 3.05) is 6.54 Å². The van der Waals surface area contributed by atoms with Gasteiger partial charge in [-0.1, -0.05) is 6.92 Å². The van der Waals surface area contributed by atoms with Gasteiger partial charge in [0.15, 0.2) is 0 Å². The third-order valence-corrected chi connectivity index (χ3v) is 3.49. The van der Waals surface area contributed by atoms with Gasteiger partial charge in [0.2, 0.25) is 11.7 Å². The molecule has 2 aromatic heterocycles. The Morgan fingerprint density at radius 1 is 1.56 bits per heavy atom. The van der Waals surface area contributed by atoms with Crippen molar-refractivity contribution < 1.29 is 4.79 Å². The summed E-state index contributed by atoms with van der Waals surface area (Å²) in [6, 6.07) is 0.00854. The monoisotopic (exact) mass is 247 g/mol. The van der Waals surface area contributed by atoms with Crippen LogP contribution in [0.4, 0.5) is 0 Å². The van der Waals surface area contributed by atoms with Gasteiger partial charge in [-0.3, -0.25) is 14.5 Å². The van der Waals surface area contributed by atoms with Crippen LogP contribution in [-0.4, -0.2) is 32.9 Å². The summed E-state index contributed by atoms with van der Waals surface area (Å²) in [5, 5.41) is 6.29. The van der Waals surface area contributed by atoms with Gasteiger partial charge < -0.3 is 10.3 Å². The van der Waals surface area contributed by atoms with Gasteiger partial charge in [0.05, 0.1) is 24.0 Å². The van der Waals surface area contributed by atoms with Crippen LogP contribution < -0.4 is 10.6 Å². The molecule has 0 aromatic carbocycles. The zero-order chi connectivity index (χ0) is 12.7. The number of carbonyl (C=O) groups excluding carboxylic acids is 1. The van der Waals surface area contributed by atoms with Gasteiger partial charge in [0.1, 0.15) is 0 Å². The van der Waals surface area contributed by atoms with E-state index in [9.17, 15) is 4.79 Å². The number of H-pyrrole nitrogens is 1. The number of amides is 1. The van der Waals surface area contributed by atoms with Gasteiger partial charge in [0, 0.05) is 18.4 Å². The fraction of sp³-hybridized carbons (Fsp3) is 0.500. The van der Waals surface area contributed by atoms with Gasteiger partial charge in [0.25, 0.3) is 0 Å². The van der Waals surface area contributed by atoms with Crippen molar-refractivity contribution in [3.63, 3.8) is 0 Å². The molecule has 1 amide bonds. The molecule has 0 spiro atoms. The second-order valence-corrected chi connectivity index (χ2v) is 4.73. The Morgan fingerprint density at radius 3 is 3.11 bits per heavy atom. The lowest BCUT2D eigenvalue weighted by Crippen LogP contribution is -2.54. The topological polar surface area (TPSA) is 74.2 Å². The van der Waals surface area contributed by atoms with Crippen LogP contribution in [0.15, 0.2) is 12.4 Å². The van der Waals surface area contributed by atoms with Gasteiger partial charge >= 0.3 is 0 Å². The Bertz CT molecular complexity index is 584. The maximum Gasteiger partial charge on any atom is 0.237 e. The Kier molecular flexibility index (Phi) is 2.59. The molecule has 1 saturated heterocycles. The van der Waals surface area contributed by atoms with Crippen LogP contribution in [0.3, 0.4) is 0 Å². The Hall–Kier alpha value is -1.82. The standard InChI is InChI=1S/C12H17N5O/c1-3-8-11(18)13-5-9(15-8)10-6-17-7(2)4-14-12(17)16-10/h4,6,8-9,15H,3,5H2,1-2H3,(H,13,18)(H,14,16). The van der Waals surface area contributed by atoms with E-state index < -0.39 is 0 Å². The summed E-state index contributed by atoms with van der Waals surface area (Å²) < 4.78 is 2.02. The van der Waals surface area contributed by atoms with Crippen molar-refractivity contribution in [2.45, 2.75) is 32.4 Å². The summed E-state index contributed by atoms with van der Waals surface area (Å²) in [6.07, 6.45) is 4.67. The van der Waals surface area contributed by atoms with E-state index in [1.807, 2.05) is 30.6 Å². The predicted octanol–water partition coefficient (Wildman–Crippen LogP) is 0.510. The highest BCUT2D eigenvalue weighted by Crippen LogP contribution is 2.17. The Morgan fingerprint density at radius 2 is 2.39 bits per heavy atom. The van der Waals surface area contributed by atoms with E-state index in [0.717, 1.165) is 23.6 Å². The maximum absolute atomic E-state index is 11.6. The van der Waals surface area contributed by atoms with Crippen LogP contribution in [0.2, 0.25) is 0 Å². The van der Waals surface area contributed by atoms with Crippen LogP contribution in [0.25, 0.3) is 5.78 Å². The molecule has 3 heterocycles. The molecule has 0 radical (unpaired) electrons. The number of nitrogens with one attached hydrogen (secondary N) is 3. The molecule has 3 N–H and O–H groups in total. The van der Waals surface area contributed by atoms with Crippen LogP contribution in [0.1, 0.15) is 30.8 Å². The number of piperazine rings is 1. The molecule has 2 unspecified atom stereocenters. The molecule has 3 rings (SSSR count). The average molecular weight is 247 g/mol. The third-order valence-electron chi connectivity index (χ3n) is 3.49. The first-order valence-corrected chi connectivity index (χ1v) is 6.25. The van der Waals surface area contributed by atoms with Crippen LogP contribution in [0, 0.1) is 6.92 Å². The lowest BCUT2D eigenvalue weighted by atomic mass is 10.1. The van der Waals surface area contributed by atoms with Crippen LogP contribution >= 0.6 is 0 Å². The summed E-state index contributed by atoms with van der Waals surface area (Å²) in [4.78, 5) is 19.1. The quantitative estimate of drug-likeness (QED) is 0.724. The molecule has 18 heavy (non-hydrogen) atoms. The van der Waals surface area contributed by atoms with Gasteiger partial charge in [-0.25, -0.2) is 4.98 Å². The van der Waals surface area contributed by atoms with Crippen molar-refractivity contribution in [1.82, 2.24) is 25.0 Å². The minimum absolute atomic E-state index is 0.0845. The van der Waals surface area contributed by atoms with Crippen molar-refractivity contribution in [2.24, 2.45) is 0 Å². The zero-order valence-corrected chi connectivity index (χ0v) is 10.5. The number of hydrogen-bond acceptors (Lipinski definition) is 3. The Labute approximate surface area is 105 Å². The SMILES string of the molecule is CCC1NC(c2cn3c(C)cnc3[nH]2)CNC1=O.